The van der Waals surface area contributed by atoms with Gasteiger partial charge in [-0.3, -0.25) is 4.99 Å². The molecule has 0 aliphatic rings. The highest BCUT2D eigenvalue weighted by atomic mass is 16.6. The zero-order valence-electron chi connectivity index (χ0n) is 16.4. The SMILES string of the molecule is CCNC(=NCC(O)c1ccc(C)cc1)NCCNC(=O)OC(C)(C)C. The van der Waals surface area contributed by atoms with Gasteiger partial charge in [0, 0.05) is 19.6 Å². The predicted octanol–water partition coefficient (Wildman–Crippen LogP) is 2.11. The van der Waals surface area contributed by atoms with E-state index in [0.717, 1.165) is 11.1 Å². The lowest BCUT2D eigenvalue weighted by molar-refractivity contribution is 0.0529. The molecule has 0 aliphatic heterocycles. The molecular formula is C19H32N4O3. The standard InChI is InChI=1S/C19H32N4O3/c1-6-20-17(21-11-12-22-18(25)26-19(3,4)5)23-13-16(24)15-9-7-14(2)8-10-15/h7-10,16,24H,6,11-13H2,1-5H3,(H,22,25)(H2,20,21,23). The summed E-state index contributed by atoms with van der Waals surface area (Å²) in [5.74, 6) is 0.588. The van der Waals surface area contributed by atoms with E-state index in [9.17, 15) is 9.90 Å². The van der Waals surface area contributed by atoms with Crippen LogP contribution in [-0.4, -0.2) is 48.9 Å². The van der Waals surface area contributed by atoms with Crippen LogP contribution in [0.4, 0.5) is 4.79 Å². The van der Waals surface area contributed by atoms with Gasteiger partial charge in [0.15, 0.2) is 5.96 Å². The number of alkyl carbamates (subject to hydrolysis) is 1. The highest BCUT2D eigenvalue weighted by molar-refractivity contribution is 5.79. The minimum Gasteiger partial charge on any atom is -0.444 e. The van der Waals surface area contributed by atoms with E-state index in [4.69, 9.17) is 4.74 Å². The summed E-state index contributed by atoms with van der Waals surface area (Å²) in [6.45, 7) is 11.3. The van der Waals surface area contributed by atoms with Crippen LogP contribution in [0.2, 0.25) is 0 Å². The summed E-state index contributed by atoms with van der Waals surface area (Å²) in [6, 6.07) is 7.74. The van der Waals surface area contributed by atoms with Crippen molar-refractivity contribution in [1.29, 1.82) is 0 Å². The van der Waals surface area contributed by atoms with E-state index < -0.39 is 17.8 Å². The Morgan fingerprint density at radius 1 is 1.15 bits per heavy atom. The van der Waals surface area contributed by atoms with E-state index in [0.29, 0.717) is 25.6 Å². The normalized spacial score (nSPS) is 13.1. The summed E-state index contributed by atoms with van der Waals surface area (Å²) in [5.41, 5.74) is 1.47. The van der Waals surface area contributed by atoms with E-state index >= 15 is 0 Å². The summed E-state index contributed by atoms with van der Waals surface area (Å²) >= 11 is 0. The Bertz CT molecular complexity index is 579. The number of aliphatic hydroxyl groups is 1. The molecule has 0 aliphatic carbocycles. The van der Waals surface area contributed by atoms with Crippen LogP contribution in [0, 0.1) is 6.92 Å². The molecule has 7 heteroatoms. The van der Waals surface area contributed by atoms with Gasteiger partial charge in [-0.2, -0.15) is 0 Å². The summed E-state index contributed by atoms with van der Waals surface area (Å²) in [6.07, 6.45) is -1.11. The molecule has 0 saturated carbocycles. The number of benzene rings is 1. The van der Waals surface area contributed by atoms with Gasteiger partial charge in [0.05, 0.1) is 12.6 Å². The minimum absolute atomic E-state index is 0.248. The Balaban J connectivity index is 2.43. The summed E-state index contributed by atoms with van der Waals surface area (Å²) in [4.78, 5) is 16.0. The molecular weight excluding hydrogens is 332 g/mol. The lowest BCUT2D eigenvalue weighted by Gasteiger charge is -2.20. The molecule has 0 fully saturated rings. The Morgan fingerprint density at radius 3 is 2.35 bits per heavy atom. The molecule has 1 atom stereocenters. The van der Waals surface area contributed by atoms with Crippen molar-refractivity contribution in [2.45, 2.75) is 46.3 Å². The van der Waals surface area contributed by atoms with Crippen molar-refractivity contribution in [2.75, 3.05) is 26.2 Å². The molecule has 1 amide bonds. The third-order valence-electron chi connectivity index (χ3n) is 3.31. The molecule has 7 nitrogen and oxygen atoms in total. The van der Waals surface area contributed by atoms with Crippen molar-refractivity contribution >= 4 is 12.1 Å². The van der Waals surface area contributed by atoms with Gasteiger partial charge in [-0.1, -0.05) is 29.8 Å². The fourth-order valence-electron chi connectivity index (χ4n) is 2.07. The molecule has 0 radical (unpaired) electrons. The lowest BCUT2D eigenvalue weighted by atomic mass is 10.1. The first-order valence-electron chi connectivity index (χ1n) is 8.95. The van der Waals surface area contributed by atoms with Crippen molar-refractivity contribution in [3.05, 3.63) is 35.4 Å². The molecule has 0 heterocycles. The topological polar surface area (TPSA) is 95.0 Å². The lowest BCUT2D eigenvalue weighted by Crippen LogP contribution is -2.42. The Hall–Kier alpha value is -2.28. The third kappa shape index (κ3) is 9.27. The van der Waals surface area contributed by atoms with Gasteiger partial charge < -0.3 is 25.8 Å². The number of nitrogens with zero attached hydrogens (tertiary/aromatic N) is 1. The van der Waals surface area contributed by atoms with Gasteiger partial charge in [-0.05, 0) is 40.2 Å². The molecule has 26 heavy (non-hydrogen) atoms. The number of guanidine groups is 1. The van der Waals surface area contributed by atoms with Gasteiger partial charge >= 0.3 is 6.09 Å². The summed E-state index contributed by atoms with van der Waals surface area (Å²) in [7, 11) is 0. The monoisotopic (exact) mass is 364 g/mol. The summed E-state index contributed by atoms with van der Waals surface area (Å²) < 4.78 is 5.17. The number of carbonyl (C=O) groups is 1. The maximum Gasteiger partial charge on any atom is 0.407 e. The number of aliphatic imine (C=N–C) groups is 1. The maximum absolute atomic E-state index is 11.6. The van der Waals surface area contributed by atoms with Crippen molar-refractivity contribution < 1.29 is 14.6 Å². The largest absolute Gasteiger partial charge is 0.444 e. The molecule has 146 valence electrons. The smallest absolute Gasteiger partial charge is 0.407 e. The van der Waals surface area contributed by atoms with Gasteiger partial charge in [-0.15, -0.1) is 0 Å². The first kappa shape index (κ1) is 21.8. The van der Waals surface area contributed by atoms with Crippen LogP contribution < -0.4 is 16.0 Å². The quantitative estimate of drug-likeness (QED) is 0.338. The average molecular weight is 364 g/mol. The number of carbonyl (C=O) groups excluding carboxylic acids is 1. The maximum atomic E-state index is 11.6. The number of hydrogen-bond donors (Lipinski definition) is 4. The molecule has 0 saturated heterocycles. The van der Waals surface area contributed by atoms with Crippen LogP contribution in [0.25, 0.3) is 0 Å². The van der Waals surface area contributed by atoms with E-state index in [1.807, 2.05) is 58.9 Å². The van der Waals surface area contributed by atoms with Gasteiger partial charge in [0.1, 0.15) is 5.60 Å². The van der Waals surface area contributed by atoms with E-state index in [-0.39, 0.29) is 6.54 Å². The fraction of sp³-hybridized carbons (Fsp3) is 0.579. The van der Waals surface area contributed by atoms with Crippen LogP contribution in [0.15, 0.2) is 29.3 Å². The van der Waals surface area contributed by atoms with Gasteiger partial charge in [-0.25, -0.2) is 4.79 Å². The second-order valence-electron chi connectivity index (χ2n) is 7.00. The fourth-order valence-corrected chi connectivity index (χ4v) is 2.07. The second kappa shape index (κ2) is 10.7. The predicted molar refractivity (Wildman–Crippen MR) is 104 cm³/mol. The zero-order valence-corrected chi connectivity index (χ0v) is 16.4. The van der Waals surface area contributed by atoms with Gasteiger partial charge in [0.25, 0.3) is 0 Å². The van der Waals surface area contributed by atoms with Crippen molar-refractivity contribution in [1.82, 2.24) is 16.0 Å². The Labute approximate surface area is 156 Å². The zero-order chi connectivity index (χ0) is 19.6. The Kier molecular flexibility index (Phi) is 8.92. The molecule has 1 aromatic rings. The first-order valence-corrected chi connectivity index (χ1v) is 8.95. The third-order valence-corrected chi connectivity index (χ3v) is 3.31. The van der Waals surface area contributed by atoms with E-state index in [1.165, 1.54) is 0 Å². The van der Waals surface area contributed by atoms with Crippen molar-refractivity contribution in [3.63, 3.8) is 0 Å². The number of hydrogen-bond acceptors (Lipinski definition) is 4. The molecule has 0 bridgehead atoms. The minimum atomic E-state index is -0.661. The number of rotatable bonds is 7. The number of aliphatic hydroxyl groups excluding tert-OH is 1. The number of nitrogens with one attached hydrogen (secondary N) is 3. The first-order chi connectivity index (χ1) is 12.2. The number of amides is 1. The highest BCUT2D eigenvalue weighted by Crippen LogP contribution is 2.13. The van der Waals surface area contributed by atoms with Crippen LogP contribution in [-0.2, 0) is 4.74 Å². The number of aryl methyl sites for hydroxylation is 1. The average Bonchev–Trinajstić information content (AvgIpc) is 2.55. The van der Waals surface area contributed by atoms with Crippen LogP contribution in [0.5, 0.6) is 0 Å². The molecule has 1 unspecified atom stereocenters. The summed E-state index contributed by atoms with van der Waals surface area (Å²) in [5, 5.41) is 19.1. The second-order valence-corrected chi connectivity index (χ2v) is 7.00. The molecule has 0 spiro atoms. The van der Waals surface area contributed by atoms with Gasteiger partial charge in [0.2, 0.25) is 0 Å². The molecule has 1 rings (SSSR count). The molecule has 0 aromatic heterocycles. The molecule has 1 aromatic carbocycles. The highest BCUT2D eigenvalue weighted by Gasteiger charge is 2.15. The Morgan fingerprint density at radius 2 is 1.77 bits per heavy atom. The van der Waals surface area contributed by atoms with E-state index in [2.05, 4.69) is 20.9 Å². The number of ether oxygens (including phenoxy) is 1. The molecule has 4 N–H and O–H groups in total. The van der Waals surface area contributed by atoms with Crippen LogP contribution in [0.1, 0.15) is 44.9 Å². The van der Waals surface area contributed by atoms with Crippen molar-refractivity contribution in [2.24, 2.45) is 4.99 Å². The van der Waals surface area contributed by atoms with E-state index in [1.54, 1.807) is 0 Å². The van der Waals surface area contributed by atoms with Crippen LogP contribution in [0.3, 0.4) is 0 Å². The van der Waals surface area contributed by atoms with Crippen LogP contribution >= 0.6 is 0 Å². The van der Waals surface area contributed by atoms with Crippen molar-refractivity contribution in [3.8, 4) is 0 Å².